The lowest BCUT2D eigenvalue weighted by Crippen LogP contribution is -2.52. The number of hydrogen-bond acceptors (Lipinski definition) is 3. The summed E-state index contributed by atoms with van der Waals surface area (Å²) >= 11 is 6.09. The third-order valence-corrected chi connectivity index (χ3v) is 6.90. The van der Waals surface area contributed by atoms with E-state index in [9.17, 15) is 9.90 Å². The van der Waals surface area contributed by atoms with Gasteiger partial charge in [0.2, 0.25) is 0 Å². The van der Waals surface area contributed by atoms with Crippen LogP contribution in [0.15, 0.2) is 42.2 Å². The minimum Gasteiger partial charge on any atom is -0.509 e. The molecule has 1 amide bonds. The third-order valence-electron chi connectivity index (χ3n) is 6.65. The average molecular weight is 425 g/mol. The van der Waals surface area contributed by atoms with E-state index in [1.807, 2.05) is 24.3 Å². The van der Waals surface area contributed by atoms with Crippen molar-refractivity contribution in [1.29, 1.82) is 0 Å². The normalized spacial score (nSPS) is 18.9. The molecular weight excluding hydrogens is 396 g/mol. The smallest absolute Gasteiger partial charge is 0.256 e. The Morgan fingerprint density at radius 3 is 2.33 bits per heavy atom. The Morgan fingerprint density at radius 2 is 1.73 bits per heavy atom. The number of rotatable bonds is 4. The van der Waals surface area contributed by atoms with Gasteiger partial charge in [-0.25, -0.2) is 0 Å². The maximum absolute atomic E-state index is 13.2. The van der Waals surface area contributed by atoms with Crippen molar-refractivity contribution in [3.63, 3.8) is 0 Å². The van der Waals surface area contributed by atoms with Gasteiger partial charge < -0.3 is 15.3 Å². The number of carbonyl (C=O) groups is 1. The highest BCUT2D eigenvalue weighted by atomic mass is 35.5. The number of piperidine rings is 1. The van der Waals surface area contributed by atoms with Crippen LogP contribution in [0.5, 0.6) is 0 Å². The average Bonchev–Trinajstić information content (AvgIpc) is 2.99. The summed E-state index contributed by atoms with van der Waals surface area (Å²) in [4.78, 5) is 15.4. The van der Waals surface area contributed by atoms with Crippen LogP contribution in [0.1, 0.15) is 43.4 Å². The fourth-order valence-corrected chi connectivity index (χ4v) is 4.98. The number of carbonyl (C=O) groups excluding carboxylic acids is 1. The predicted molar refractivity (Wildman–Crippen MR) is 123 cm³/mol. The fourth-order valence-electron chi connectivity index (χ4n) is 4.85. The molecule has 30 heavy (non-hydrogen) atoms. The lowest BCUT2D eigenvalue weighted by Gasteiger charge is -2.37. The first-order valence-corrected chi connectivity index (χ1v) is 11.1. The van der Waals surface area contributed by atoms with E-state index in [1.54, 1.807) is 0 Å². The molecule has 0 radical (unpaired) electrons. The SMILES string of the molecule is CCc1ccc(-c2ccc(Cl)cc2)c(CC)c1C1=C(O)C2(CCN(C)CC2)NC1=O. The summed E-state index contributed by atoms with van der Waals surface area (Å²) in [6.07, 6.45) is 3.01. The highest BCUT2D eigenvalue weighted by Gasteiger charge is 2.48. The van der Waals surface area contributed by atoms with Crippen LogP contribution >= 0.6 is 11.6 Å². The largest absolute Gasteiger partial charge is 0.509 e. The quantitative estimate of drug-likeness (QED) is 0.726. The number of amides is 1. The topological polar surface area (TPSA) is 52.6 Å². The molecule has 0 atom stereocenters. The van der Waals surface area contributed by atoms with Crippen LogP contribution in [0.2, 0.25) is 5.02 Å². The standard InChI is InChI=1S/C25H29ClN2O2/c1-4-16-8-11-20(17-6-9-18(26)10-7-17)19(5-2)21(16)22-23(29)25(27-24(22)30)12-14-28(3)15-13-25/h6-11,29H,4-5,12-15H2,1-3H3,(H,27,30). The molecule has 0 bridgehead atoms. The van der Waals surface area contributed by atoms with Gasteiger partial charge in [0.1, 0.15) is 11.3 Å². The van der Waals surface area contributed by atoms with Gasteiger partial charge >= 0.3 is 0 Å². The second-order valence-corrected chi connectivity index (χ2v) is 8.84. The van der Waals surface area contributed by atoms with E-state index >= 15 is 0 Å². The maximum atomic E-state index is 13.2. The van der Waals surface area contributed by atoms with Gasteiger partial charge in [-0.2, -0.15) is 0 Å². The van der Waals surface area contributed by atoms with Gasteiger partial charge in [-0.15, -0.1) is 0 Å². The van der Waals surface area contributed by atoms with E-state index in [4.69, 9.17) is 11.6 Å². The maximum Gasteiger partial charge on any atom is 0.256 e. The summed E-state index contributed by atoms with van der Waals surface area (Å²) in [7, 11) is 2.07. The minimum absolute atomic E-state index is 0.158. The summed E-state index contributed by atoms with van der Waals surface area (Å²) in [5, 5.41) is 15.2. The molecule has 1 spiro atoms. The van der Waals surface area contributed by atoms with Crippen molar-refractivity contribution in [2.75, 3.05) is 20.1 Å². The zero-order valence-corrected chi connectivity index (χ0v) is 18.6. The van der Waals surface area contributed by atoms with E-state index in [0.29, 0.717) is 10.6 Å². The molecule has 5 heteroatoms. The number of benzene rings is 2. The van der Waals surface area contributed by atoms with Crippen molar-refractivity contribution in [2.24, 2.45) is 0 Å². The molecule has 2 aliphatic heterocycles. The molecule has 4 nitrogen and oxygen atoms in total. The van der Waals surface area contributed by atoms with Gasteiger partial charge in [-0.3, -0.25) is 4.79 Å². The highest BCUT2D eigenvalue weighted by Crippen LogP contribution is 2.42. The minimum atomic E-state index is -0.634. The lowest BCUT2D eigenvalue weighted by molar-refractivity contribution is -0.116. The molecule has 2 aromatic carbocycles. The van der Waals surface area contributed by atoms with E-state index < -0.39 is 5.54 Å². The summed E-state index contributed by atoms with van der Waals surface area (Å²) in [6, 6.07) is 12.0. The number of nitrogens with zero attached hydrogens (tertiary/aromatic N) is 1. The van der Waals surface area contributed by atoms with Crippen molar-refractivity contribution in [2.45, 2.75) is 45.1 Å². The molecule has 0 aliphatic carbocycles. The van der Waals surface area contributed by atoms with Gasteiger partial charge in [0, 0.05) is 18.1 Å². The number of nitrogens with one attached hydrogen (secondary N) is 1. The first kappa shape index (κ1) is 21.0. The second-order valence-electron chi connectivity index (χ2n) is 8.40. The Bertz CT molecular complexity index is 1000. The zero-order valence-electron chi connectivity index (χ0n) is 17.9. The second kappa shape index (κ2) is 8.09. The van der Waals surface area contributed by atoms with E-state index in [2.05, 4.69) is 43.2 Å². The van der Waals surface area contributed by atoms with Gasteiger partial charge in [0.15, 0.2) is 0 Å². The van der Waals surface area contributed by atoms with Gasteiger partial charge in [0.25, 0.3) is 5.91 Å². The molecule has 2 aliphatic rings. The molecule has 2 N–H and O–H groups in total. The Labute approximate surface area is 183 Å². The Balaban J connectivity index is 1.91. The van der Waals surface area contributed by atoms with Crippen LogP contribution in [-0.2, 0) is 17.6 Å². The van der Waals surface area contributed by atoms with Crippen molar-refractivity contribution < 1.29 is 9.90 Å². The number of likely N-dealkylation sites (tertiary alicyclic amines) is 1. The monoisotopic (exact) mass is 424 g/mol. The number of aliphatic hydroxyl groups excluding tert-OH is 1. The molecule has 1 saturated heterocycles. The van der Waals surface area contributed by atoms with Crippen molar-refractivity contribution in [1.82, 2.24) is 10.2 Å². The van der Waals surface area contributed by atoms with Crippen molar-refractivity contribution in [3.05, 3.63) is 63.9 Å². The molecule has 0 unspecified atom stereocenters. The Hall–Kier alpha value is -2.30. The number of halogens is 1. The van der Waals surface area contributed by atoms with Gasteiger partial charge in [-0.05, 0) is 72.7 Å². The van der Waals surface area contributed by atoms with E-state index in [1.165, 1.54) is 0 Å². The summed E-state index contributed by atoms with van der Waals surface area (Å²) in [5.41, 5.74) is 5.06. The number of aryl methyl sites for hydroxylation is 1. The van der Waals surface area contributed by atoms with Crippen molar-refractivity contribution in [3.8, 4) is 11.1 Å². The van der Waals surface area contributed by atoms with Crippen LogP contribution in [0.3, 0.4) is 0 Å². The highest BCUT2D eigenvalue weighted by molar-refractivity contribution is 6.30. The molecule has 4 rings (SSSR count). The van der Waals surface area contributed by atoms with Crippen LogP contribution in [0, 0.1) is 0 Å². The van der Waals surface area contributed by atoms with Crippen LogP contribution in [0.25, 0.3) is 16.7 Å². The van der Waals surface area contributed by atoms with Crippen molar-refractivity contribution >= 4 is 23.1 Å². The van der Waals surface area contributed by atoms with E-state index in [-0.39, 0.29) is 11.7 Å². The summed E-state index contributed by atoms with van der Waals surface area (Å²) in [5.74, 6) is 0.0629. The molecule has 1 fully saturated rings. The number of aliphatic hydroxyl groups is 1. The molecule has 2 heterocycles. The third kappa shape index (κ3) is 3.42. The van der Waals surface area contributed by atoms with E-state index in [0.717, 1.165) is 66.6 Å². The number of hydrogen-bond donors (Lipinski definition) is 2. The first-order valence-electron chi connectivity index (χ1n) is 10.8. The van der Waals surface area contributed by atoms with Crippen LogP contribution < -0.4 is 5.32 Å². The summed E-state index contributed by atoms with van der Waals surface area (Å²) in [6.45, 7) is 5.90. The molecule has 158 valence electrons. The van der Waals surface area contributed by atoms with Crippen LogP contribution in [-0.4, -0.2) is 41.6 Å². The van der Waals surface area contributed by atoms with Gasteiger partial charge in [0.05, 0.1) is 5.57 Å². The summed E-state index contributed by atoms with van der Waals surface area (Å²) < 4.78 is 0. The molecule has 2 aromatic rings. The Kier molecular flexibility index (Phi) is 5.65. The molecule has 0 aromatic heterocycles. The molecule has 0 saturated carbocycles. The fraction of sp³-hybridized carbons (Fsp3) is 0.400. The molecular formula is C25H29ClN2O2. The predicted octanol–water partition coefficient (Wildman–Crippen LogP) is 5.00. The van der Waals surface area contributed by atoms with Crippen LogP contribution in [0.4, 0.5) is 0 Å². The lowest BCUT2D eigenvalue weighted by atomic mass is 9.82. The zero-order chi connectivity index (χ0) is 21.5. The Morgan fingerprint density at radius 1 is 1.07 bits per heavy atom. The first-order chi connectivity index (χ1) is 14.4. The van der Waals surface area contributed by atoms with Gasteiger partial charge in [-0.1, -0.05) is 49.7 Å².